The van der Waals surface area contributed by atoms with Gasteiger partial charge in [0.25, 0.3) is 5.91 Å². The van der Waals surface area contributed by atoms with Gasteiger partial charge < -0.3 is 25.6 Å². The highest BCUT2D eigenvalue weighted by Gasteiger charge is 2.42. The second-order valence-electron chi connectivity index (χ2n) is 9.51. The third kappa shape index (κ3) is 5.23. The van der Waals surface area contributed by atoms with Crippen LogP contribution in [-0.4, -0.2) is 58.7 Å². The van der Waals surface area contributed by atoms with E-state index in [9.17, 15) is 19.1 Å². The minimum atomic E-state index is -1.43. The minimum Gasteiger partial charge on any atom is -0.494 e. The van der Waals surface area contributed by atoms with Gasteiger partial charge >= 0.3 is 0 Å². The van der Waals surface area contributed by atoms with Crippen molar-refractivity contribution in [3.8, 4) is 5.75 Å². The molecule has 9 nitrogen and oxygen atoms in total. The van der Waals surface area contributed by atoms with Crippen LogP contribution in [-0.2, 0) is 16.1 Å². The number of hydrogen-bond acceptors (Lipinski definition) is 7. The first kappa shape index (κ1) is 25.7. The zero-order valence-corrected chi connectivity index (χ0v) is 20.8. The van der Waals surface area contributed by atoms with E-state index in [1.54, 1.807) is 25.1 Å². The molecule has 0 aromatic heterocycles. The number of aliphatic imine (C=N–C) groups is 1. The summed E-state index contributed by atoms with van der Waals surface area (Å²) < 4.78 is 25.4. The number of rotatable bonds is 7. The van der Waals surface area contributed by atoms with Crippen molar-refractivity contribution in [2.24, 2.45) is 10.7 Å². The van der Waals surface area contributed by atoms with E-state index in [0.29, 0.717) is 47.7 Å². The van der Waals surface area contributed by atoms with Gasteiger partial charge in [-0.25, -0.2) is 9.38 Å². The molecule has 3 unspecified atom stereocenters. The van der Waals surface area contributed by atoms with Crippen LogP contribution in [0.5, 0.6) is 5.75 Å². The Morgan fingerprint density at radius 1 is 1.39 bits per heavy atom. The van der Waals surface area contributed by atoms with Crippen LogP contribution in [0.1, 0.15) is 62.4 Å². The molecule has 1 aromatic carbocycles. The van der Waals surface area contributed by atoms with Gasteiger partial charge in [-0.2, -0.15) is 0 Å². The molecule has 0 saturated heterocycles. The maximum atomic E-state index is 14.1. The highest BCUT2D eigenvalue weighted by atomic mass is 19.1. The molecule has 10 heteroatoms. The van der Waals surface area contributed by atoms with E-state index in [1.165, 1.54) is 11.0 Å². The number of hydrogen-bond donors (Lipinski definition) is 3. The Hall–Kier alpha value is -3.40. The second-order valence-corrected chi connectivity index (χ2v) is 9.51. The summed E-state index contributed by atoms with van der Waals surface area (Å²) in [5, 5.41) is 13.8. The second kappa shape index (κ2) is 10.3. The van der Waals surface area contributed by atoms with Crippen LogP contribution in [0.15, 0.2) is 46.4 Å². The quantitative estimate of drug-likeness (QED) is 0.529. The Morgan fingerprint density at radius 2 is 2.17 bits per heavy atom. The molecule has 194 valence electrons. The summed E-state index contributed by atoms with van der Waals surface area (Å²) in [7, 11) is 0. The van der Waals surface area contributed by atoms with Crippen molar-refractivity contribution in [3.63, 3.8) is 0 Å². The van der Waals surface area contributed by atoms with Crippen LogP contribution in [0, 0.1) is 0 Å². The Morgan fingerprint density at radius 3 is 2.86 bits per heavy atom. The van der Waals surface area contributed by atoms with Crippen molar-refractivity contribution in [2.45, 2.75) is 70.7 Å². The number of ether oxygens (including phenoxy) is 2. The number of amides is 2. The number of benzene rings is 1. The summed E-state index contributed by atoms with van der Waals surface area (Å²) >= 11 is 0. The first-order valence-corrected chi connectivity index (χ1v) is 12.3. The van der Waals surface area contributed by atoms with Crippen LogP contribution in [0.3, 0.4) is 0 Å². The Kier molecular flexibility index (Phi) is 7.35. The van der Waals surface area contributed by atoms with E-state index < -0.39 is 17.6 Å². The van der Waals surface area contributed by atoms with Gasteiger partial charge in [-0.1, -0.05) is 6.92 Å². The molecule has 1 aromatic rings. The molecule has 0 bridgehead atoms. The van der Waals surface area contributed by atoms with E-state index in [1.807, 2.05) is 13.8 Å². The van der Waals surface area contributed by atoms with Gasteiger partial charge in [-0.15, -0.1) is 0 Å². The highest BCUT2D eigenvalue weighted by molar-refractivity contribution is 5.99. The van der Waals surface area contributed by atoms with E-state index in [-0.39, 0.29) is 49.7 Å². The zero-order valence-electron chi connectivity index (χ0n) is 20.8. The number of nitrogens with zero attached hydrogens (tertiary/aromatic N) is 2. The van der Waals surface area contributed by atoms with Crippen molar-refractivity contribution in [2.75, 3.05) is 13.2 Å². The number of allylic oxidation sites excluding steroid dienone is 2. The average Bonchev–Trinajstić information content (AvgIpc) is 2.84. The van der Waals surface area contributed by atoms with Crippen LogP contribution in [0.2, 0.25) is 0 Å². The van der Waals surface area contributed by atoms with Crippen molar-refractivity contribution in [1.82, 2.24) is 10.2 Å². The fourth-order valence-corrected chi connectivity index (χ4v) is 4.66. The lowest BCUT2D eigenvalue weighted by Gasteiger charge is -2.40. The van der Waals surface area contributed by atoms with Gasteiger partial charge in [0, 0.05) is 36.0 Å². The highest BCUT2D eigenvalue weighted by Crippen LogP contribution is 2.36. The fraction of sp³-hybridized carbons (Fsp3) is 0.500. The van der Waals surface area contributed by atoms with Crippen molar-refractivity contribution >= 4 is 17.8 Å². The number of carbonyl (C=O) groups excluding carboxylic acids is 2. The van der Waals surface area contributed by atoms with Gasteiger partial charge in [-0.05, 0) is 44.5 Å². The summed E-state index contributed by atoms with van der Waals surface area (Å²) in [4.78, 5) is 31.8. The van der Waals surface area contributed by atoms with Crippen LogP contribution in [0.25, 0.3) is 0 Å². The Balaban J connectivity index is 1.61. The first-order chi connectivity index (χ1) is 17.1. The number of nitrogens with two attached hydrogens (primary N) is 1. The van der Waals surface area contributed by atoms with Gasteiger partial charge in [0.1, 0.15) is 29.5 Å². The normalized spacial score (nSPS) is 26.0. The van der Waals surface area contributed by atoms with Crippen molar-refractivity contribution in [1.29, 1.82) is 0 Å². The van der Waals surface area contributed by atoms with Gasteiger partial charge in [0.2, 0.25) is 5.91 Å². The lowest BCUT2D eigenvalue weighted by Crippen LogP contribution is -2.57. The number of nitrogens with one attached hydrogen (secondary N) is 1. The number of carbonyl (C=O) groups is 2. The van der Waals surface area contributed by atoms with Gasteiger partial charge in [0.05, 0.1) is 25.2 Å². The molecule has 2 amide bonds. The van der Waals surface area contributed by atoms with Crippen molar-refractivity contribution < 1.29 is 28.6 Å². The third-order valence-corrected chi connectivity index (χ3v) is 6.70. The van der Waals surface area contributed by atoms with Crippen LogP contribution >= 0.6 is 0 Å². The van der Waals surface area contributed by atoms with Gasteiger partial charge in [0.15, 0.2) is 5.96 Å². The summed E-state index contributed by atoms with van der Waals surface area (Å²) in [5.74, 6) is 0.301. The molecule has 3 aliphatic rings. The van der Waals surface area contributed by atoms with Crippen LogP contribution in [0.4, 0.5) is 4.39 Å². The summed E-state index contributed by atoms with van der Waals surface area (Å²) in [5.41, 5.74) is 5.97. The molecular weight excluding hydrogens is 467 g/mol. The topological polar surface area (TPSA) is 126 Å². The maximum Gasteiger partial charge on any atom is 0.251 e. The van der Waals surface area contributed by atoms with E-state index in [2.05, 4.69) is 10.3 Å². The predicted octanol–water partition coefficient (Wildman–Crippen LogP) is 2.69. The van der Waals surface area contributed by atoms with E-state index in [0.717, 1.165) is 0 Å². The lowest BCUT2D eigenvalue weighted by molar-refractivity contribution is -0.128. The van der Waals surface area contributed by atoms with E-state index in [4.69, 9.17) is 15.2 Å². The fourth-order valence-electron chi connectivity index (χ4n) is 4.66. The zero-order chi connectivity index (χ0) is 26.0. The Bertz CT molecular complexity index is 1140. The molecule has 3 atom stereocenters. The molecule has 2 heterocycles. The minimum absolute atomic E-state index is 0.0186. The third-order valence-electron chi connectivity index (χ3n) is 6.70. The molecule has 36 heavy (non-hydrogen) atoms. The molecule has 4 N–H and O–H groups in total. The predicted molar refractivity (Wildman–Crippen MR) is 132 cm³/mol. The van der Waals surface area contributed by atoms with E-state index >= 15 is 0 Å². The maximum absolute atomic E-state index is 14.1. The average molecular weight is 501 g/mol. The summed E-state index contributed by atoms with van der Waals surface area (Å²) in [6, 6.07) is 3.91. The lowest BCUT2D eigenvalue weighted by atomic mass is 9.84. The summed E-state index contributed by atoms with van der Waals surface area (Å²) in [6.07, 6.45) is 2.91. The summed E-state index contributed by atoms with van der Waals surface area (Å²) in [6.45, 7) is 5.81. The molecular formula is C26H33FN4O5. The SMILES string of the molecule is CCOc1ccc(C(=O)NC2C3=C(CCC(F)=C3)OCC2(C)O)cc1CN1C(=O)CC(CC)N=C1N. The monoisotopic (exact) mass is 500 g/mol. The number of aliphatic hydroxyl groups is 1. The first-order valence-electron chi connectivity index (χ1n) is 12.3. The molecule has 0 spiro atoms. The molecule has 1 aliphatic carbocycles. The molecule has 0 radical (unpaired) electrons. The Labute approximate surface area is 209 Å². The van der Waals surface area contributed by atoms with Crippen LogP contribution < -0.4 is 15.8 Å². The van der Waals surface area contributed by atoms with Gasteiger partial charge in [-0.3, -0.25) is 14.5 Å². The number of halogens is 1. The largest absolute Gasteiger partial charge is 0.494 e. The molecule has 0 saturated carbocycles. The smallest absolute Gasteiger partial charge is 0.251 e. The standard InChI is InChI=1S/C26H33FN4O5/c1-4-18-12-22(32)31(25(28)29-18)13-16-10-15(6-8-20(16)35-5-2)24(33)30-23-19-11-17(27)7-9-21(19)36-14-26(23,3)34/h6,8,10-11,18,23,34H,4-5,7,9,12-14H2,1-3H3,(H2,28,29)(H,30,33). The van der Waals surface area contributed by atoms with Crippen molar-refractivity contribution in [3.05, 3.63) is 52.6 Å². The molecule has 2 aliphatic heterocycles. The number of guanidine groups is 1. The molecule has 0 fully saturated rings. The molecule has 4 rings (SSSR count).